The van der Waals surface area contributed by atoms with Crippen LogP contribution >= 0.6 is 11.3 Å². The van der Waals surface area contributed by atoms with E-state index in [1.54, 1.807) is 11.3 Å². The Balaban J connectivity index is 1.72. The molecule has 3 N–H and O–H groups in total. The fraction of sp³-hybridized carbons (Fsp3) is 0.235. The fourth-order valence-corrected chi connectivity index (χ4v) is 3.15. The number of hydrogen-bond acceptors (Lipinski definition) is 7. The van der Waals surface area contributed by atoms with Gasteiger partial charge in [0.1, 0.15) is 5.82 Å². The summed E-state index contributed by atoms with van der Waals surface area (Å²) in [6.45, 7) is 3.49. The van der Waals surface area contributed by atoms with Gasteiger partial charge in [-0.3, -0.25) is 4.90 Å². The molecule has 0 fully saturated rings. The largest absolute Gasteiger partial charge is 0.368 e. The van der Waals surface area contributed by atoms with Gasteiger partial charge in [-0.2, -0.15) is 15.0 Å². The Bertz CT molecular complexity index is 803. The predicted molar refractivity (Wildman–Crippen MR) is 98.2 cm³/mol. The van der Waals surface area contributed by atoms with Gasteiger partial charge in [0, 0.05) is 17.1 Å². The first-order chi connectivity index (χ1) is 11.6. The van der Waals surface area contributed by atoms with Crippen LogP contribution in [0.15, 0.2) is 41.8 Å². The van der Waals surface area contributed by atoms with E-state index in [0.29, 0.717) is 18.3 Å². The molecule has 3 aromatic rings. The number of nitrogens with two attached hydrogens (primary N) is 1. The summed E-state index contributed by atoms with van der Waals surface area (Å²) in [5.74, 6) is 1.34. The van der Waals surface area contributed by atoms with Gasteiger partial charge in [0.25, 0.3) is 0 Å². The van der Waals surface area contributed by atoms with Crippen LogP contribution in [0.3, 0.4) is 0 Å². The van der Waals surface area contributed by atoms with E-state index >= 15 is 0 Å². The zero-order chi connectivity index (χ0) is 16.9. The molecule has 0 spiro atoms. The van der Waals surface area contributed by atoms with Gasteiger partial charge in [0.15, 0.2) is 0 Å². The molecule has 7 heteroatoms. The van der Waals surface area contributed by atoms with Gasteiger partial charge in [-0.05, 0) is 37.0 Å². The number of aromatic nitrogens is 3. The number of para-hydroxylation sites is 1. The highest BCUT2D eigenvalue weighted by molar-refractivity contribution is 7.09. The van der Waals surface area contributed by atoms with Crippen molar-refractivity contribution >= 4 is 28.9 Å². The molecule has 124 valence electrons. The molecule has 0 aliphatic rings. The molecule has 0 amide bonds. The molecule has 3 rings (SSSR count). The average molecular weight is 340 g/mol. The molecule has 0 radical (unpaired) electrons. The number of hydrogen-bond donors (Lipinski definition) is 2. The van der Waals surface area contributed by atoms with Crippen molar-refractivity contribution in [2.75, 3.05) is 18.1 Å². The van der Waals surface area contributed by atoms with Crippen LogP contribution < -0.4 is 11.1 Å². The van der Waals surface area contributed by atoms with E-state index in [-0.39, 0.29) is 5.95 Å². The number of nitrogen functional groups attached to an aromatic ring is 1. The zero-order valence-electron chi connectivity index (χ0n) is 13.7. The molecular formula is C17H20N6S. The van der Waals surface area contributed by atoms with Crippen LogP contribution in [0.4, 0.5) is 17.6 Å². The SMILES string of the molecule is Cc1ccccc1Nc1nc(N)nc(CN(C)Cc2cccs2)n1. The van der Waals surface area contributed by atoms with Crippen molar-refractivity contribution in [3.05, 3.63) is 58.0 Å². The highest BCUT2D eigenvalue weighted by Gasteiger charge is 2.09. The van der Waals surface area contributed by atoms with E-state index in [2.05, 4.69) is 42.7 Å². The van der Waals surface area contributed by atoms with Crippen molar-refractivity contribution < 1.29 is 0 Å². The monoisotopic (exact) mass is 340 g/mol. The van der Waals surface area contributed by atoms with Gasteiger partial charge in [0.2, 0.25) is 11.9 Å². The quantitative estimate of drug-likeness (QED) is 0.717. The fourth-order valence-electron chi connectivity index (χ4n) is 2.36. The summed E-state index contributed by atoms with van der Waals surface area (Å²) in [4.78, 5) is 16.4. The lowest BCUT2D eigenvalue weighted by atomic mass is 10.2. The summed E-state index contributed by atoms with van der Waals surface area (Å²) >= 11 is 1.74. The minimum Gasteiger partial charge on any atom is -0.368 e. The Labute approximate surface area is 145 Å². The van der Waals surface area contributed by atoms with Gasteiger partial charge in [-0.1, -0.05) is 24.3 Å². The van der Waals surface area contributed by atoms with Crippen molar-refractivity contribution in [1.82, 2.24) is 19.9 Å². The second-order valence-electron chi connectivity index (χ2n) is 5.63. The number of anilines is 3. The van der Waals surface area contributed by atoms with Crippen molar-refractivity contribution in [2.45, 2.75) is 20.0 Å². The normalized spacial score (nSPS) is 11.0. The summed E-state index contributed by atoms with van der Waals surface area (Å²) in [6, 6.07) is 12.1. The molecule has 0 atom stereocenters. The van der Waals surface area contributed by atoms with Gasteiger partial charge in [-0.25, -0.2) is 0 Å². The van der Waals surface area contributed by atoms with Crippen LogP contribution in [0.25, 0.3) is 0 Å². The third-order valence-electron chi connectivity index (χ3n) is 3.51. The number of nitrogens with zero attached hydrogens (tertiary/aromatic N) is 4. The van der Waals surface area contributed by atoms with E-state index in [1.807, 2.05) is 38.2 Å². The van der Waals surface area contributed by atoms with E-state index in [1.165, 1.54) is 4.88 Å². The maximum atomic E-state index is 5.84. The Hall–Kier alpha value is -2.51. The number of rotatable bonds is 6. The molecule has 0 bridgehead atoms. The minimum absolute atomic E-state index is 0.223. The summed E-state index contributed by atoms with van der Waals surface area (Å²) < 4.78 is 0. The molecule has 2 heterocycles. The molecule has 2 aromatic heterocycles. The second kappa shape index (κ2) is 7.37. The summed E-state index contributed by atoms with van der Waals surface area (Å²) in [7, 11) is 2.04. The molecule has 0 aliphatic carbocycles. The third-order valence-corrected chi connectivity index (χ3v) is 4.37. The van der Waals surface area contributed by atoms with Crippen molar-refractivity contribution in [3.63, 3.8) is 0 Å². The lowest BCUT2D eigenvalue weighted by Crippen LogP contribution is -2.19. The van der Waals surface area contributed by atoms with Crippen LogP contribution in [0.2, 0.25) is 0 Å². The van der Waals surface area contributed by atoms with Crippen LogP contribution in [-0.2, 0) is 13.1 Å². The van der Waals surface area contributed by atoms with Gasteiger partial charge in [-0.15, -0.1) is 11.3 Å². The Morgan fingerprint density at radius 2 is 1.92 bits per heavy atom. The number of benzene rings is 1. The zero-order valence-corrected chi connectivity index (χ0v) is 14.5. The number of aryl methyl sites for hydroxylation is 1. The van der Waals surface area contributed by atoms with Gasteiger partial charge < -0.3 is 11.1 Å². The lowest BCUT2D eigenvalue weighted by molar-refractivity contribution is 0.313. The highest BCUT2D eigenvalue weighted by Crippen LogP contribution is 2.18. The first kappa shape index (κ1) is 16.4. The molecule has 24 heavy (non-hydrogen) atoms. The van der Waals surface area contributed by atoms with Crippen LogP contribution in [0.1, 0.15) is 16.3 Å². The summed E-state index contributed by atoms with van der Waals surface area (Å²) in [5, 5.41) is 5.29. The van der Waals surface area contributed by atoms with Crippen LogP contribution in [-0.4, -0.2) is 26.9 Å². The van der Waals surface area contributed by atoms with Gasteiger partial charge in [0.05, 0.1) is 6.54 Å². The van der Waals surface area contributed by atoms with Crippen LogP contribution in [0, 0.1) is 6.92 Å². The Morgan fingerprint density at radius 3 is 2.67 bits per heavy atom. The van der Waals surface area contributed by atoms with E-state index < -0.39 is 0 Å². The predicted octanol–water partition coefficient (Wildman–Crippen LogP) is 3.20. The first-order valence-electron chi connectivity index (χ1n) is 7.64. The standard InChI is InChI=1S/C17H20N6S/c1-12-6-3-4-8-14(12)19-17-21-15(20-16(18)22-17)11-23(2)10-13-7-5-9-24-13/h3-9H,10-11H2,1-2H3,(H3,18,19,20,21,22). The molecule has 0 aliphatic heterocycles. The van der Waals surface area contributed by atoms with E-state index in [0.717, 1.165) is 17.8 Å². The smallest absolute Gasteiger partial charge is 0.232 e. The van der Waals surface area contributed by atoms with Crippen LogP contribution in [0.5, 0.6) is 0 Å². The maximum Gasteiger partial charge on any atom is 0.232 e. The third kappa shape index (κ3) is 4.27. The Morgan fingerprint density at radius 1 is 1.08 bits per heavy atom. The van der Waals surface area contributed by atoms with E-state index in [4.69, 9.17) is 5.73 Å². The molecule has 1 aromatic carbocycles. The van der Waals surface area contributed by atoms with Crippen molar-refractivity contribution in [2.24, 2.45) is 0 Å². The molecule has 0 saturated carbocycles. The first-order valence-corrected chi connectivity index (χ1v) is 8.52. The number of thiophene rings is 1. The topological polar surface area (TPSA) is 80.0 Å². The molecule has 6 nitrogen and oxygen atoms in total. The summed E-state index contributed by atoms with van der Waals surface area (Å²) in [6.07, 6.45) is 0. The van der Waals surface area contributed by atoms with Gasteiger partial charge >= 0.3 is 0 Å². The molecular weight excluding hydrogens is 320 g/mol. The number of nitrogens with one attached hydrogen (secondary N) is 1. The highest BCUT2D eigenvalue weighted by atomic mass is 32.1. The molecule has 0 unspecified atom stereocenters. The second-order valence-corrected chi connectivity index (χ2v) is 6.66. The van der Waals surface area contributed by atoms with Crippen molar-refractivity contribution in [3.8, 4) is 0 Å². The molecule has 0 saturated heterocycles. The lowest BCUT2D eigenvalue weighted by Gasteiger charge is -2.15. The van der Waals surface area contributed by atoms with Crippen molar-refractivity contribution in [1.29, 1.82) is 0 Å². The Kier molecular flexibility index (Phi) is 5.02. The van der Waals surface area contributed by atoms with E-state index in [9.17, 15) is 0 Å². The summed E-state index contributed by atoms with van der Waals surface area (Å²) in [5.41, 5.74) is 7.92. The minimum atomic E-state index is 0.223. The maximum absolute atomic E-state index is 5.84. The average Bonchev–Trinajstić information content (AvgIpc) is 3.01.